The third kappa shape index (κ3) is 7.78. The molecule has 3 rings (SSSR count). The van der Waals surface area contributed by atoms with Crippen LogP contribution >= 0.6 is 0 Å². The molecule has 160 valence electrons. The first-order chi connectivity index (χ1) is 14.2. The van der Waals surface area contributed by atoms with Crippen molar-refractivity contribution >= 4 is 0 Å². The molecule has 2 aromatic rings. The van der Waals surface area contributed by atoms with Gasteiger partial charge in [-0.3, -0.25) is 9.58 Å². The number of aliphatic hydroxyl groups is 1. The summed E-state index contributed by atoms with van der Waals surface area (Å²) in [5.74, 6) is 0.815. The van der Waals surface area contributed by atoms with Crippen molar-refractivity contribution in [3.8, 4) is 5.75 Å². The first-order valence-electron chi connectivity index (χ1n) is 10.8. The molecule has 1 saturated heterocycles. The predicted octanol–water partition coefficient (Wildman–Crippen LogP) is 1.44. The number of ether oxygens (including phenoxy) is 1. The SMILES string of the molecule is CCN1CCN(C[C@H](O)COc2cccc(CNCCCn3cccn3)c2)CC1. The first kappa shape index (κ1) is 21.8. The summed E-state index contributed by atoms with van der Waals surface area (Å²) in [4.78, 5) is 4.76. The lowest BCUT2D eigenvalue weighted by Gasteiger charge is -2.34. The van der Waals surface area contributed by atoms with Crippen molar-refractivity contribution in [2.24, 2.45) is 0 Å². The maximum absolute atomic E-state index is 10.3. The lowest BCUT2D eigenvalue weighted by Crippen LogP contribution is -2.49. The van der Waals surface area contributed by atoms with Gasteiger partial charge in [-0.2, -0.15) is 5.10 Å². The molecule has 0 amide bonds. The Kier molecular flexibility index (Phi) is 8.95. The third-order valence-electron chi connectivity index (χ3n) is 5.35. The number of hydrogen-bond acceptors (Lipinski definition) is 6. The molecular formula is C22H35N5O2. The molecule has 0 saturated carbocycles. The molecule has 2 N–H and O–H groups in total. The Hall–Kier alpha value is -1.93. The topological polar surface area (TPSA) is 65.8 Å². The lowest BCUT2D eigenvalue weighted by molar-refractivity contribution is 0.0471. The largest absolute Gasteiger partial charge is 0.491 e. The van der Waals surface area contributed by atoms with Gasteiger partial charge in [-0.1, -0.05) is 19.1 Å². The average molecular weight is 402 g/mol. The lowest BCUT2D eigenvalue weighted by atomic mass is 10.2. The second kappa shape index (κ2) is 11.9. The van der Waals surface area contributed by atoms with E-state index >= 15 is 0 Å². The zero-order valence-electron chi connectivity index (χ0n) is 17.5. The number of aryl methyl sites for hydroxylation is 1. The Bertz CT molecular complexity index is 686. The second-order valence-electron chi connectivity index (χ2n) is 7.65. The van der Waals surface area contributed by atoms with Gasteiger partial charge in [-0.15, -0.1) is 0 Å². The molecule has 0 bridgehead atoms. The number of piperazine rings is 1. The fourth-order valence-corrected chi connectivity index (χ4v) is 3.61. The van der Waals surface area contributed by atoms with Gasteiger partial charge in [0.25, 0.3) is 0 Å². The molecule has 2 heterocycles. The summed E-state index contributed by atoms with van der Waals surface area (Å²) in [6.07, 6.45) is 4.37. The minimum Gasteiger partial charge on any atom is -0.491 e. The highest BCUT2D eigenvalue weighted by molar-refractivity contribution is 5.28. The normalized spacial score (nSPS) is 16.8. The van der Waals surface area contributed by atoms with Crippen LogP contribution in [0.4, 0.5) is 0 Å². The molecular weight excluding hydrogens is 366 g/mol. The minimum atomic E-state index is -0.466. The van der Waals surface area contributed by atoms with Crippen molar-refractivity contribution in [1.29, 1.82) is 0 Å². The van der Waals surface area contributed by atoms with Crippen LogP contribution in [0.25, 0.3) is 0 Å². The van der Waals surface area contributed by atoms with Crippen molar-refractivity contribution in [3.05, 3.63) is 48.3 Å². The van der Waals surface area contributed by atoms with Gasteiger partial charge in [0, 0.05) is 58.2 Å². The molecule has 1 aliphatic rings. The van der Waals surface area contributed by atoms with Gasteiger partial charge in [-0.25, -0.2) is 0 Å². The Labute approximate surface area is 174 Å². The number of nitrogens with zero attached hydrogens (tertiary/aromatic N) is 4. The smallest absolute Gasteiger partial charge is 0.119 e. The molecule has 1 aliphatic heterocycles. The van der Waals surface area contributed by atoms with E-state index in [0.717, 1.165) is 64.5 Å². The van der Waals surface area contributed by atoms with Crippen LogP contribution in [0.1, 0.15) is 18.9 Å². The van der Waals surface area contributed by atoms with Crippen molar-refractivity contribution in [2.45, 2.75) is 32.5 Å². The van der Waals surface area contributed by atoms with Gasteiger partial charge in [0.1, 0.15) is 18.5 Å². The van der Waals surface area contributed by atoms with Crippen LogP contribution in [-0.4, -0.2) is 83.2 Å². The van der Waals surface area contributed by atoms with Gasteiger partial charge in [-0.05, 0) is 43.3 Å². The summed E-state index contributed by atoms with van der Waals surface area (Å²) >= 11 is 0. The van der Waals surface area contributed by atoms with Crippen molar-refractivity contribution in [1.82, 2.24) is 24.9 Å². The highest BCUT2D eigenvalue weighted by Crippen LogP contribution is 2.14. The zero-order valence-corrected chi connectivity index (χ0v) is 17.5. The Balaban J connectivity index is 1.31. The molecule has 1 aromatic heterocycles. The van der Waals surface area contributed by atoms with Crippen molar-refractivity contribution in [3.63, 3.8) is 0 Å². The first-order valence-corrected chi connectivity index (χ1v) is 10.8. The van der Waals surface area contributed by atoms with Gasteiger partial charge >= 0.3 is 0 Å². The molecule has 0 spiro atoms. The number of likely N-dealkylation sites (N-methyl/N-ethyl adjacent to an activating group) is 1. The Morgan fingerprint density at radius 3 is 2.76 bits per heavy atom. The van der Waals surface area contributed by atoms with E-state index in [9.17, 15) is 5.11 Å². The highest BCUT2D eigenvalue weighted by atomic mass is 16.5. The maximum atomic E-state index is 10.3. The van der Waals surface area contributed by atoms with E-state index < -0.39 is 6.10 Å². The third-order valence-corrected chi connectivity index (χ3v) is 5.35. The van der Waals surface area contributed by atoms with Crippen LogP contribution in [0.5, 0.6) is 5.75 Å². The number of rotatable bonds is 12. The summed E-state index contributed by atoms with van der Waals surface area (Å²) < 4.78 is 7.79. The Morgan fingerprint density at radius 1 is 1.17 bits per heavy atom. The standard InChI is InChI=1S/C22H35N5O2/c1-2-25-12-14-26(15-13-25)18-21(28)19-29-22-7-3-6-20(16-22)17-23-8-4-10-27-11-5-9-24-27/h3,5-7,9,11,16,21,23,28H,2,4,8,10,12-15,17-19H2,1H3/t21-/m0/s1. The molecule has 0 aliphatic carbocycles. The van der Waals surface area contributed by atoms with Gasteiger partial charge in [0.2, 0.25) is 0 Å². The molecule has 1 fully saturated rings. The van der Waals surface area contributed by atoms with E-state index in [1.165, 1.54) is 5.56 Å². The van der Waals surface area contributed by atoms with Gasteiger partial charge < -0.3 is 20.1 Å². The zero-order chi connectivity index (χ0) is 20.3. The fourth-order valence-electron chi connectivity index (χ4n) is 3.61. The summed E-state index contributed by atoms with van der Waals surface area (Å²) in [5, 5.41) is 18.0. The number of hydrogen-bond donors (Lipinski definition) is 2. The monoisotopic (exact) mass is 401 g/mol. The average Bonchev–Trinajstić information content (AvgIpc) is 3.26. The van der Waals surface area contributed by atoms with E-state index in [4.69, 9.17) is 4.74 Å². The molecule has 7 heteroatoms. The molecule has 1 aromatic carbocycles. The summed E-state index contributed by atoms with van der Waals surface area (Å²) in [6.45, 7) is 11.2. The fraction of sp³-hybridized carbons (Fsp3) is 0.591. The van der Waals surface area contributed by atoms with E-state index in [1.54, 1.807) is 0 Å². The molecule has 29 heavy (non-hydrogen) atoms. The van der Waals surface area contributed by atoms with Crippen molar-refractivity contribution < 1.29 is 9.84 Å². The molecule has 1 atom stereocenters. The van der Waals surface area contributed by atoms with E-state index in [0.29, 0.717) is 13.2 Å². The number of nitrogens with one attached hydrogen (secondary N) is 1. The van der Waals surface area contributed by atoms with Crippen LogP contribution in [0, 0.1) is 0 Å². The maximum Gasteiger partial charge on any atom is 0.119 e. The summed E-state index contributed by atoms with van der Waals surface area (Å²) in [6, 6.07) is 10.0. The van der Waals surface area contributed by atoms with Crippen LogP contribution in [0.2, 0.25) is 0 Å². The van der Waals surface area contributed by atoms with E-state index in [-0.39, 0.29) is 0 Å². The van der Waals surface area contributed by atoms with Crippen LogP contribution < -0.4 is 10.1 Å². The summed E-state index contributed by atoms with van der Waals surface area (Å²) in [5.41, 5.74) is 1.19. The minimum absolute atomic E-state index is 0.328. The van der Waals surface area contributed by atoms with E-state index in [1.807, 2.05) is 41.3 Å². The molecule has 0 radical (unpaired) electrons. The number of aromatic nitrogens is 2. The predicted molar refractivity (Wildman–Crippen MR) is 115 cm³/mol. The van der Waals surface area contributed by atoms with Crippen LogP contribution in [0.15, 0.2) is 42.7 Å². The van der Waals surface area contributed by atoms with Crippen LogP contribution in [-0.2, 0) is 13.1 Å². The van der Waals surface area contributed by atoms with Gasteiger partial charge in [0.15, 0.2) is 0 Å². The Morgan fingerprint density at radius 2 is 2.00 bits per heavy atom. The second-order valence-corrected chi connectivity index (χ2v) is 7.65. The van der Waals surface area contributed by atoms with E-state index in [2.05, 4.69) is 33.2 Å². The van der Waals surface area contributed by atoms with Crippen molar-refractivity contribution in [2.75, 3.05) is 52.4 Å². The summed E-state index contributed by atoms with van der Waals surface area (Å²) in [7, 11) is 0. The van der Waals surface area contributed by atoms with Crippen LogP contribution in [0.3, 0.4) is 0 Å². The molecule has 0 unspecified atom stereocenters. The quantitative estimate of drug-likeness (QED) is 0.525. The number of aliphatic hydroxyl groups excluding tert-OH is 1. The number of β-amino-alcohol motifs (C(OH)–C–C–N with tert-alkyl or cyclic N) is 1. The number of benzene rings is 1. The molecule has 7 nitrogen and oxygen atoms in total. The van der Waals surface area contributed by atoms with Gasteiger partial charge in [0.05, 0.1) is 0 Å². The highest BCUT2D eigenvalue weighted by Gasteiger charge is 2.18.